The summed E-state index contributed by atoms with van der Waals surface area (Å²) < 4.78 is 0. The molecule has 0 bridgehead atoms. The van der Waals surface area contributed by atoms with Gasteiger partial charge in [-0.2, -0.15) is 0 Å². The fourth-order valence-corrected chi connectivity index (χ4v) is 4.16. The fourth-order valence-electron chi connectivity index (χ4n) is 4.16. The zero-order chi connectivity index (χ0) is 20.2. The van der Waals surface area contributed by atoms with Crippen LogP contribution in [0.1, 0.15) is 149 Å². The third-order valence-electron chi connectivity index (χ3n) is 6.21. The lowest BCUT2D eigenvalue weighted by Crippen LogP contribution is -2.18. The van der Waals surface area contributed by atoms with E-state index >= 15 is 0 Å². The molecule has 0 spiro atoms. The van der Waals surface area contributed by atoms with Crippen LogP contribution >= 0.6 is 0 Å². The highest BCUT2D eigenvalue weighted by Gasteiger charge is 2.24. The van der Waals surface area contributed by atoms with Crippen LogP contribution in [0.5, 0.6) is 0 Å². The molecule has 0 aliphatic rings. The molecule has 0 fully saturated rings. The first kappa shape index (κ1) is 26.5. The van der Waals surface area contributed by atoms with Crippen molar-refractivity contribution in [3.05, 3.63) is 0 Å². The van der Waals surface area contributed by atoms with E-state index in [-0.39, 0.29) is 5.41 Å². The van der Waals surface area contributed by atoms with Gasteiger partial charge in [-0.1, -0.05) is 124 Å². The van der Waals surface area contributed by atoms with E-state index in [0.29, 0.717) is 6.42 Å². The zero-order valence-corrected chi connectivity index (χ0v) is 19.0. The van der Waals surface area contributed by atoms with Crippen molar-refractivity contribution in [1.29, 1.82) is 0 Å². The lowest BCUT2D eigenvalue weighted by atomic mass is 9.76. The summed E-state index contributed by atoms with van der Waals surface area (Å²) in [6, 6.07) is 0. The van der Waals surface area contributed by atoms with Crippen molar-refractivity contribution < 1.29 is 9.90 Å². The summed E-state index contributed by atoms with van der Waals surface area (Å²) in [6.07, 6.45) is 25.3. The van der Waals surface area contributed by atoms with Gasteiger partial charge in [0, 0.05) is 6.42 Å². The minimum Gasteiger partial charge on any atom is -0.481 e. The maximum atomic E-state index is 11.0. The van der Waals surface area contributed by atoms with Crippen molar-refractivity contribution in [1.82, 2.24) is 0 Å². The van der Waals surface area contributed by atoms with Gasteiger partial charge in [-0.05, 0) is 24.7 Å². The Morgan fingerprint density at radius 1 is 0.593 bits per heavy atom. The molecule has 0 aromatic carbocycles. The monoisotopic (exact) mass is 382 g/mol. The molecular weight excluding hydrogens is 332 g/mol. The lowest BCUT2D eigenvalue weighted by Gasteiger charge is -2.29. The highest BCUT2D eigenvalue weighted by molar-refractivity contribution is 5.66. The van der Waals surface area contributed by atoms with Gasteiger partial charge in [-0.25, -0.2) is 0 Å². The first-order valence-electron chi connectivity index (χ1n) is 12.3. The summed E-state index contributed by atoms with van der Waals surface area (Å²) in [7, 11) is 0. The molecule has 27 heavy (non-hydrogen) atoms. The van der Waals surface area contributed by atoms with E-state index in [2.05, 4.69) is 20.8 Å². The van der Waals surface area contributed by atoms with Crippen LogP contribution in [0.2, 0.25) is 0 Å². The Labute approximate surface area is 170 Å². The minimum absolute atomic E-state index is 0.239. The Balaban J connectivity index is 3.92. The Morgan fingerprint density at radius 3 is 1.26 bits per heavy atom. The molecule has 0 amide bonds. The molecule has 0 saturated carbocycles. The second-order valence-electron chi connectivity index (χ2n) is 9.15. The van der Waals surface area contributed by atoms with E-state index in [4.69, 9.17) is 5.11 Å². The van der Waals surface area contributed by atoms with Crippen LogP contribution in [-0.4, -0.2) is 11.1 Å². The summed E-state index contributed by atoms with van der Waals surface area (Å²) in [5.74, 6) is -0.631. The molecule has 0 aromatic rings. The van der Waals surface area contributed by atoms with Crippen LogP contribution in [0.3, 0.4) is 0 Å². The van der Waals surface area contributed by atoms with Gasteiger partial charge in [-0.3, -0.25) is 4.79 Å². The summed E-state index contributed by atoms with van der Waals surface area (Å²) in [5.41, 5.74) is 0.239. The topological polar surface area (TPSA) is 37.3 Å². The van der Waals surface area contributed by atoms with Crippen molar-refractivity contribution in [2.24, 2.45) is 5.41 Å². The van der Waals surface area contributed by atoms with Crippen molar-refractivity contribution in [2.45, 2.75) is 149 Å². The summed E-state index contributed by atoms with van der Waals surface area (Å²) >= 11 is 0. The van der Waals surface area contributed by atoms with E-state index in [1.54, 1.807) is 0 Å². The van der Waals surface area contributed by atoms with Gasteiger partial charge in [0.15, 0.2) is 0 Å². The number of aliphatic carboxylic acids is 1. The molecule has 1 N–H and O–H groups in total. The molecule has 0 unspecified atom stereocenters. The summed E-state index contributed by atoms with van der Waals surface area (Å²) in [4.78, 5) is 11.0. The number of unbranched alkanes of at least 4 members (excludes halogenated alkanes) is 14. The quantitative estimate of drug-likeness (QED) is 0.201. The molecule has 0 aromatic heterocycles. The Hall–Kier alpha value is -0.530. The highest BCUT2D eigenvalue weighted by atomic mass is 16.4. The van der Waals surface area contributed by atoms with Crippen molar-refractivity contribution in [2.75, 3.05) is 0 Å². The molecule has 2 nitrogen and oxygen atoms in total. The van der Waals surface area contributed by atoms with Crippen LogP contribution in [0.4, 0.5) is 0 Å². The molecule has 0 rings (SSSR count). The average molecular weight is 383 g/mol. The molecule has 0 radical (unpaired) electrons. The van der Waals surface area contributed by atoms with Crippen molar-refractivity contribution >= 4 is 5.97 Å². The predicted molar refractivity (Wildman–Crippen MR) is 119 cm³/mol. The Kier molecular flexibility index (Phi) is 18.4. The highest BCUT2D eigenvalue weighted by Crippen LogP contribution is 2.36. The molecule has 0 atom stereocenters. The van der Waals surface area contributed by atoms with Crippen LogP contribution < -0.4 is 0 Å². The molecule has 0 aliphatic carbocycles. The van der Waals surface area contributed by atoms with E-state index in [1.165, 1.54) is 116 Å². The van der Waals surface area contributed by atoms with Crippen molar-refractivity contribution in [3.63, 3.8) is 0 Å². The lowest BCUT2D eigenvalue weighted by molar-refractivity contribution is -0.137. The molecular formula is C25H50O2. The van der Waals surface area contributed by atoms with Crippen LogP contribution in [0, 0.1) is 5.41 Å². The standard InChI is InChI=1S/C25H50O2/c1-4-6-8-10-12-14-16-18-21-25(3,23-20-24(26)27)22-19-17-15-13-11-9-7-5-2/h4-23H2,1-3H3,(H,26,27). The Morgan fingerprint density at radius 2 is 0.926 bits per heavy atom. The maximum absolute atomic E-state index is 11.0. The molecule has 0 heterocycles. The number of rotatable bonds is 21. The SMILES string of the molecule is CCCCCCCCCCC(C)(CCCCCCCCCC)CCC(=O)O. The van der Waals surface area contributed by atoms with Gasteiger partial charge in [0.1, 0.15) is 0 Å². The van der Waals surface area contributed by atoms with Gasteiger partial charge in [0.25, 0.3) is 0 Å². The van der Waals surface area contributed by atoms with Gasteiger partial charge in [-0.15, -0.1) is 0 Å². The third kappa shape index (κ3) is 18.6. The number of hydrogen-bond acceptors (Lipinski definition) is 1. The molecule has 2 heteroatoms. The summed E-state index contributed by atoms with van der Waals surface area (Å²) in [6.45, 7) is 6.88. The second-order valence-corrected chi connectivity index (χ2v) is 9.15. The van der Waals surface area contributed by atoms with E-state index in [1.807, 2.05) is 0 Å². The minimum atomic E-state index is -0.631. The van der Waals surface area contributed by atoms with Gasteiger partial charge in [0.2, 0.25) is 0 Å². The number of hydrogen-bond donors (Lipinski definition) is 1. The van der Waals surface area contributed by atoms with E-state index in [0.717, 1.165) is 6.42 Å². The van der Waals surface area contributed by atoms with E-state index in [9.17, 15) is 4.79 Å². The van der Waals surface area contributed by atoms with Crippen LogP contribution in [0.15, 0.2) is 0 Å². The van der Waals surface area contributed by atoms with Gasteiger partial charge in [0.05, 0.1) is 0 Å². The Bertz CT molecular complexity index is 304. The van der Waals surface area contributed by atoms with Crippen molar-refractivity contribution in [3.8, 4) is 0 Å². The number of carboxylic acid groups (broad SMARTS) is 1. The van der Waals surface area contributed by atoms with Crippen LogP contribution in [0.25, 0.3) is 0 Å². The first-order valence-corrected chi connectivity index (χ1v) is 12.3. The number of carboxylic acids is 1. The molecule has 162 valence electrons. The van der Waals surface area contributed by atoms with E-state index < -0.39 is 5.97 Å². The normalized spacial score (nSPS) is 11.8. The third-order valence-corrected chi connectivity index (χ3v) is 6.21. The maximum Gasteiger partial charge on any atom is 0.303 e. The second kappa shape index (κ2) is 18.8. The largest absolute Gasteiger partial charge is 0.481 e. The average Bonchev–Trinajstić information content (AvgIpc) is 2.64. The smallest absolute Gasteiger partial charge is 0.303 e. The predicted octanol–water partition coefficient (Wildman–Crippen LogP) is 8.92. The first-order chi connectivity index (χ1) is 13.0. The molecule has 0 saturated heterocycles. The van der Waals surface area contributed by atoms with Gasteiger partial charge < -0.3 is 5.11 Å². The fraction of sp³-hybridized carbons (Fsp3) is 0.960. The van der Waals surface area contributed by atoms with Gasteiger partial charge >= 0.3 is 5.97 Å². The van der Waals surface area contributed by atoms with Crippen LogP contribution in [-0.2, 0) is 4.79 Å². The summed E-state index contributed by atoms with van der Waals surface area (Å²) in [5, 5.41) is 9.10. The zero-order valence-electron chi connectivity index (χ0n) is 19.0. The molecule has 0 aliphatic heterocycles. The number of carbonyl (C=O) groups is 1.